The summed E-state index contributed by atoms with van der Waals surface area (Å²) in [5.74, 6) is -0.529. The maximum atomic E-state index is 16.7. The van der Waals surface area contributed by atoms with Crippen molar-refractivity contribution >= 4 is 93.2 Å². The summed E-state index contributed by atoms with van der Waals surface area (Å²) in [5, 5.41) is 14.1. The molecule has 3 N–H and O–H groups in total. The van der Waals surface area contributed by atoms with Crippen molar-refractivity contribution < 1.29 is 32.9 Å². The Kier molecular flexibility index (Phi) is 14.0. The van der Waals surface area contributed by atoms with E-state index in [1.165, 1.54) is 6.20 Å². The SMILES string of the molecule is COc1cc(N2CC[C@H](N3CCN(CC4CCN(c5ccc6c(c5)C(=O)N(C5CCC(=O)NC5=O)C6=O)CC4)CC3)[C@H](F)C2)c(-c2cnn(C)c2)cc1Nc1ncc(Cl)c(Nc2ccc3nccnc3c2P(C)(C)=O)n1. The Morgan fingerprint density at radius 2 is 1.59 bits per heavy atom. The number of anilines is 6. The second-order valence-electron chi connectivity index (χ2n) is 20.6. The number of rotatable bonds is 13. The summed E-state index contributed by atoms with van der Waals surface area (Å²) in [4.78, 5) is 79.2. The number of piperidine rings is 3. The summed E-state index contributed by atoms with van der Waals surface area (Å²) in [7, 11) is 0.571. The van der Waals surface area contributed by atoms with Crippen LogP contribution < -0.4 is 35.8 Å². The predicted molar refractivity (Wildman–Crippen MR) is 289 cm³/mol. The van der Waals surface area contributed by atoms with Gasteiger partial charge in [0.1, 0.15) is 35.6 Å². The lowest BCUT2D eigenvalue weighted by atomic mass is 9.94. The molecule has 0 saturated carbocycles. The Balaban J connectivity index is 0.711. The maximum Gasteiger partial charge on any atom is 0.262 e. The first kappa shape index (κ1) is 51.1. The predicted octanol–water partition coefficient (Wildman–Crippen LogP) is 6.07. The first-order valence-electron chi connectivity index (χ1n) is 25.6. The van der Waals surface area contributed by atoms with E-state index in [1.54, 1.807) is 68.0 Å². The van der Waals surface area contributed by atoms with Crippen molar-refractivity contribution in [2.45, 2.75) is 50.4 Å². The van der Waals surface area contributed by atoms with E-state index in [4.69, 9.17) is 21.3 Å². The van der Waals surface area contributed by atoms with Crippen LogP contribution in [0.2, 0.25) is 5.02 Å². The van der Waals surface area contributed by atoms with E-state index in [-0.39, 0.29) is 47.8 Å². The summed E-state index contributed by atoms with van der Waals surface area (Å²) in [6.07, 6.45) is 10.0. The molecule has 3 aromatic carbocycles. The van der Waals surface area contributed by atoms with Crippen LogP contribution in [0.3, 0.4) is 0 Å². The van der Waals surface area contributed by atoms with Gasteiger partial charge in [-0.05, 0) is 81.3 Å². The second-order valence-corrected chi connectivity index (χ2v) is 24.2. The van der Waals surface area contributed by atoms with E-state index in [2.05, 4.69) is 55.6 Å². The van der Waals surface area contributed by atoms with Gasteiger partial charge < -0.3 is 34.6 Å². The standard InChI is InChI=1S/C53H59ClFN14O6P/c1-64-29-32(26-59-64)35-24-41(61-53-58-27-37(54)49(63-53)60-40-8-7-39-47(57-15-14-56-39)48(40)76(3,4)74)45(75-2)25-44(35)68-18-13-42(38(55)30-68)67-21-19-65(20-22-67)28-31-11-16-66(17-12-31)33-5-6-34-36(23-33)52(73)69(51(34)72)43-9-10-46(70)62-50(43)71/h5-8,14-15,23-27,29,31,38,42-43H,9-13,16-22,28,30H2,1-4H3,(H,62,70,71)(H2,58,60,61,63)/t38-,42+,43?/m1/s1. The van der Waals surface area contributed by atoms with Crippen molar-refractivity contribution in [1.82, 2.24) is 49.7 Å². The van der Waals surface area contributed by atoms with Crippen molar-refractivity contribution in [2.24, 2.45) is 13.0 Å². The molecule has 0 spiro atoms. The molecule has 0 radical (unpaired) electrons. The van der Waals surface area contributed by atoms with Gasteiger partial charge in [0.25, 0.3) is 11.8 Å². The Morgan fingerprint density at radius 3 is 2.32 bits per heavy atom. The van der Waals surface area contributed by atoms with Crippen LogP contribution in [-0.2, 0) is 21.2 Å². The summed E-state index contributed by atoms with van der Waals surface area (Å²) in [6.45, 7) is 10.1. The van der Waals surface area contributed by atoms with Crippen LogP contribution in [0.15, 0.2) is 73.4 Å². The average Bonchev–Trinajstić information content (AvgIpc) is 4.00. The lowest BCUT2D eigenvalue weighted by Crippen LogP contribution is -2.58. The third-order valence-corrected chi connectivity index (χ3v) is 17.2. The molecule has 23 heteroatoms. The number of ether oxygens (including phenoxy) is 1. The number of halogens is 2. The summed E-state index contributed by atoms with van der Waals surface area (Å²) < 4.78 is 38.0. The van der Waals surface area contributed by atoms with Crippen molar-refractivity contribution in [3.8, 4) is 16.9 Å². The number of benzene rings is 3. The smallest absolute Gasteiger partial charge is 0.262 e. The zero-order valence-electron chi connectivity index (χ0n) is 42.7. The van der Waals surface area contributed by atoms with Gasteiger partial charge in [-0.1, -0.05) is 11.6 Å². The summed E-state index contributed by atoms with van der Waals surface area (Å²) in [6, 6.07) is 11.6. The van der Waals surface area contributed by atoms with Crippen molar-refractivity contribution in [2.75, 3.05) is 99.8 Å². The molecule has 0 aliphatic carbocycles. The number of aromatic nitrogens is 6. The molecule has 3 atom stereocenters. The Bertz CT molecular complexity index is 3320. The van der Waals surface area contributed by atoms with E-state index >= 15 is 4.39 Å². The number of alkyl halides is 1. The molecule has 3 aromatic heterocycles. The van der Waals surface area contributed by atoms with Gasteiger partial charge in [-0.25, -0.2) is 9.37 Å². The van der Waals surface area contributed by atoms with Crippen LogP contribution in [-0.4, -0.2) is 166 Å². The molecule has 0 bridgehead atoms. The normalized spacial score (nSPS) is 21.1. The maximum absolute atomic E-state index is 16.7. The molecule has 4 fully saturated rings. The molecule has 4 amide bonds. The first-order chi connectivity index (χ1) is 36.6. The van der Waals surface area contributed by atoms with E-state index < -0.39 is 43.0 Å². The van der Waals surface area contributed by atoms with Crippen LogP contribution in [0.5, 0.6) is 5.75 Å². The Labute approximate surface area is 443 Å². The third-order valence-electron chi connectivity index (χ3n) is 15.4. The van der Waals surface area contributed by atoms with Crippen LogP contribution in [0.1, 0.15) is 52.8 Å². The van der Waals surface area contributed by atoms with Gasteiger partial charge in [-0.3, -0.25) is 48.9 Å². The van der Waals surface area contributed by atoms with Crippen molar-refractivity contribution in [1.29, 1.82) is 0 Å². The first-order valence-corrected chi connectivity index (χ1v) is 28.6. The minimum atomic E-state index is -2.87. The molecule has 5 aliphatic heterocycles. The van der Waals surface area contributed by atoms with Gasteiger partial charge in [0.05, 0.1) is 59.4 Å². The highest BCUT2D eigenvalue weighted by Crippen LogP contribution is 2.44. The molecule has 5 aliphatic rings. The number of piperazine rings is 1. The highest BCUT2D eigenvalue weighted by Gasteiger charge is 2.45. The van der Waals surface area contributed by atoms with E-state index in [0.29, 0.717) is 57.9 Å². The second kappa shape index (κ2) is 20.8. The molecule has 20 nitrogen and oxygen atoms in total. The lowest BCUT2D eigenvalue weighted by molar-refractivity contribution is -0.136. The van der Waals surface area contributed by atoms with E-state index in [1.807, 2.05) is 31.4 Å². The molecular weight excluding hydrogens is 1010 g/mol. The number of fused-ring (bicyclic) bond motifs is 2. The number of methoxy groups -OCH3 is 1. The highest BCUT2D eigenvalue weighted by atomic mass is 35.5. The van der Waals surface area contributed by atoms with Gasteiger partial charge in [-0.2, -0.15) is 10.1 Å². The summed E-state index contributed by atoms with van der Waals surface area (Å²) in [5.41, 5.74) is 6.19. The number of amides is 4. The number of nitrogens with one attached hydrogen (secondary N) is 3. The average molecular weight is 1070 g/mol. The fourth-order valence-corrected chi connectivity index (χ4v) is 13.0. The monoisotopic (exact) mass is 1070 g/mol. The van der Waals surface area contributed by atoms with Crippen molar-refractivity contribution in [3.63, 3.8) is 0 Å². The summed E-state index contributed by atoms with van der Waals surface area (Å²) >= 11 is 6.67. The number of aryl methyl sites for hydroxylation is 1. The van der Waals surface area contributed by atoms with E-state index in [0.717, 1.165) is 86.1 Å². The zero-order chi connectivity index (χ0) is 53.0. The van der Waals surface area contributed by atoms with Gasteiger partial charge in [0.2, 0.25) is 17.8 Å². The van der Waals surface area contributed by atoms with Crippen LogP contribution in [0.4, 0.5) is 38.9 Å². The van der Waals surface area contributed by atoms with Gasteiger partial charge in [-0.15, -0.1) is 0 Å². The molecular formula is C53H59ClFN14O6P. The molecule has 396 valence electrons. The zero-order valence-corrected chi connectivity index (χ0v) is 44.4. The van der Waals surface area contributed by atoms with Crippen LogP contribution in [0, 0.1) is 5.92 Å². The molecule has 4 saturated heterocycles. The number of nitrogens with zero attached hydrogens (tertiary/aromatic N) is 11. The van der Waals surface area contributed by atoms with Gasteiger partial charge in [0, 0.05) is 119 Å². The lowest BCUT2D eigenvalue weighted by Gasteiger charge is -2.45. The molecule has 11 rings (SSSR count). The van der Waals surface area contributed by atoms with Gasteiger partial charge in [0.15, 0.2) is 5.82 Å². The molecule has 6 aromatic rings. The third kappa shape index (κ3) is 10.1. The number of carbonyl (C=O) groups is 4. The minimum Gasteiger partial charge on any atom is -0.494 e. The number of imide groups is 2. The number of hydrogen-bond donors (Lipinski definition) is 3. The Morgan fingerprint density at radius 1 is 0.829 bits per heavy atom. The topological polar surface area (TPSA) is 216 Å². The fraction of sp³-hybridized carbons (Fsp3) is 0.415. The molecule has 1 unspecified atom stereocenters. The highest BCUT2D eigenvalue weighted by molar-refractivity contribution is 7.71. The quantitative estimate of drug-likeness (QED) is 0.0884. The van der Waals surface area contributed by atoms with E-state index in [9.17, 15) is 23.7 Å². The van der Waals surface area contributed by atoms with Gasteiger partial charge >= 0.3 is 0 Å². The van der Waals surface area contributed by atoms with Crippen LogP contribution >= 0.6 is 18.7 Å². The fourth-order valence-electron chi connectivity index (χ4n) is 11.5. The largest absolute Gasteiger partial charge is 0.494 e. The van der Waals surface area contributed by atoms with Crippen molar-refractivity contribution in [3.05, 3.63) is 89.6 Å². The molecule has 8 heterocycles. The number of carbonyl (C=O) groups excluding carboxylic acids is 4. The number of hydrogen-bond acceptors (Lipinski definition) is 17. The Hall–Kier alpha value is -7.06. The molecule has 76 heavy (non-hydrogen) atoms. The van der Waals surface area contributed by atoms with Crippen LogP contribution in [0.25, 0.3) is 22.2 Å². The minimum absolute atomic E-state index is 0.0756.